The molecule has 1 saturated heterocycles. The first kappa shape index (κ1) is 27.2. The quantitative estimate of drug-likeness (QED) is 0.481. The summed E-state index contributed by atoms with van der Waals surface area (Å²) in [6.45, 7) is 4.95. The van der Waals surface area contributed by atoms with Crippen LogP contribution in [-0.2, 0) is 36.8 Å². The van der Waals surface area contributed by atoms with Gasteiger partial charge < -0.3 is 29.4 Å². The Morgan fingerprint density at radius 2 is 1.77 bits per heavy atom. The van der Waals surface area contributed by atoms with Crippen molar-refractivity contribution in [2.45, 2.75) is 57.6 Å². The number of carbonyl (C=O) groups excluding carboxylic acids is 2. The topological polar surface area (TPSA) is 103 Å². The summed E-state index contributed by atoms with van der Waals surface area (Å²) in [7, 11) is 0. The van der Waals surface area contributed by atoms with Crippen molar-refractivity contribution in [1.29, 1.82) is 0 Å². The van der Waals surface area contributed by atoms with E-state index in [2.05, 4.69) is 5.32 Å². The lowest BCUT2D eigenvalue weighted by Crippen LogP contribution is -2.51. The lowest BCUT2D eigenvalue weighted by atomic mass is 10.0. The Hall–Kier alpha value is -2.36. The minimum absolute atomic E-state index is 0.110. The number of hydrogen-bond acceptors (Lipinski definition) is 7. The van der Waals surface area contributed by atoms with Crippen molar-refractivity contribution in [2.75, 3.05) is 13.4 Å². The molecule has 0 radical (unpaired) electrons. The monoisotopic (exact) mass is 525 g/mol. The maximum atomic E-state index is 12.8. The first-order valence-electron chi connectivity index (χ1n) is 11.1. The lowest BCUT2D eigenvalue weighted by Gasteiger charge is -2.26. The summed E-state index contributed by atoms with van der Waals surface area (Å²) in [6, 6.07) is 11.4. The van der Waals surface area contributed by atoms with Gasteiger partial charge in [0.2, 0.25) is 0 Å². The molecule has 190 valence electrons. The Bertz CT molecular complexity index is 1000. The van der Waals surface area contributed by atoms with E-state index in [-0.39, 0.29) is 26.4 Å². The second-order valence-electron chi connectivity index (χ2n) is 9.02. The van der Waals surface area contributed by atoms with Gasteiger partial charge in [-0.15, -0.1) is 0 Å². The van der Waals surface area contributed by atoms with Gasteiger partial charge in [0.1, 0.15) is 36.9 Å². The number of halogens is 2. The summed E-state index contributed by atoms with van der Waals surface area (Å²) in [5.74, 6) is -0.558. The zero-order valence-electron chi connectivity index (χ0n) is 19.8. The maximum Gasteiger partial charge on any atom is 0.329 e. The van der Waals surface area contributed by atoms with Crippen LogP contribution >= 0.6 is 23.2 Å². The summed E-state index contributed by atoms with van der Waals surface area (Å²) in [4.78, 5) is 25.6. The van der Waals surface area contributed by atoms with Crippen LogP contribution in [0.1, 0.15) is 31.9 Å². The highest BCUT2D eigenvalue weighted by molar-refractivity contribution is 6.35. The van der Waals surface area contributed by atoms with E-state index in [1.165, 1.54) is 0 Å². The number of amides is 1. The minimum atomic E-state index is -1.02. The molecule has 0 saturated carbocycles. The van der Waals surface area contributed by atoms with Gasteiger partial charge in [0.25, 0.3) is 5.91 Å². The van der Waals surface area contributed by atoms with Crippen molar-refractivity contribution >= 4 is 35.1 Å². The fourth-order valence-electron chi connectivity index (χ4n) is 3.39. The molecule has 1 aliphatic rings. The third-order valence-corrected chi connectivity index (χ3v) is 5.83. The molecule has 0 aromatic heterocycles. The van der Waals surface area contributed by atoms with Gasteiger partial charge in [-0.2, -0.15) is 0 Å². The van der Waals surface area contributed by atoms with Crippen molar-refractivity contribution in [3.8, 4) is 5.75 Å². The molecular formula is C25H29Cl2NO7. The van der Waals surface area contributed by atoms with Crippen LogP contribution < -0.4 is 10.1 Å². The van der Waals surface area contributed by atoms with Crippen LogP contribution in [0.5, 0.6) is 5.75 Å². The molecule has 3 rings (SSSR count). The van der Waals surface area contributed by atoms with Crippen LogP contribution in [0.3, 0.4) is 0 Å². The Labute approximate surface area is 214 Å². The van der Waals surface area contributed by atoms with E-state index < -0.39 is 35.7 Å². The molecule has 2 aromatic rings. The lowest BCUT2D eigenvalue weighted by molar-refractivity contribution is -0.159. The Kier molecular flexibility index (Phi) is 9.38. The van der Waals surface area contributed by atoms with E-state index in [0.717, 1.165) is 5.56 Å². The number of carbonyl (C=O) groups is 2. The van der Waals surface area contributed by atoms with Crippen molar-refractivity contribution in [2.24, 2.45) is 0 Å². The molecule has 2 aromatic carbocycles. The number of aliphatic hydroxyl groups excluding tert-OH is 1. The summed E-state index contributed by atoms with van der Waals surface area (Å²) in [5, 5.41) is 13.1. The molecule has 0 aliphatic carbocycles. The van der Waals surface area contributed by atoms with Gasteiger partial charge in [-0.25, -0.2) is 4.79 Å². The fraction of sp³-hybridized carbons (Fsp3) is 0.440. The zero-order valence-corrected chi connectivity index (χ0v) is 21.3. The second-order valence-corrected chi connectivity index (χ2v) is 9.84. The van der Waals surface area contributed by atoms with Crippen LogP contribution in [0.25, 0.3) is 0 Å². The van der Waals surface area contributed by atoms with Crippen LogP contribution in [0, 0.1) is 0 Å². The SMILES string of the molecule is CC(C)(C)OC(=O)[C@H](Cc1ccc(OCc2c(Cl)cccc2Cl)cc1)NC(=O)[C@@H]1OCO[C@H]1CO. The molecule has 2 N–H and O–H groups in total. The minimum Gasteiger partial charge on any atom is -0.489 e. The average molecular weight is 526 g/mol. The van der Waals surface area contributed by atoms with Crippen LogP contribution in [0.15, 0.2) is 42.5 Å². The van der Waals surface area contributed by atoms with Crippen molar-refractivity contribution in [3.63, 3.8) is 0 Å². The second kappa shape index (κ2) is 12.1. The Morgan fingerprint density at radius 3 is 2.37 bits per heavy atom. The maximum absolute atomic E-state index is 12.8. The van der Waals surface area contributed by atoms with E-state index in [4.69, 9.17) is 42.1 Å². The van der Waals surface area contributed by atoms with Crippen molar-refractivity contribution in [1.82, 2.24) is 5.32 Å². The van der Waals surface area contributed by atoms with Crippen molar-refractivity contribution < 1.29 is 33.6 Å². The molecule has 0 spiro atoms. The largest absolute Gasteiger partial charge is 0.489 e. The highest BCUT2D eigenvalue weighted by Gasteiger charge is 2.37. The highest BCUT2D eigenvalue weighted by Crippen LogP contribution is 2.26. The Balaban J connectivity index is 1.68. The van der Waals surface area contributed by atoms with Crippen LogP contribution in [0.4, 0.5) is 0 Å². The van der Waals surface area contributed by atoms with Crippen molar-refractivity contribution in [3.05, 3.63) is 63.6 Å². The molecule has 0 unspecified atom stereocenters. The zero-order chi connectivity index (χ0) is 25.6. The van der Waals surface area contributed by atoms with Gasteiger partial charge in [-0.05, 0) is 50.6 Å². The van der Waals surface area contributed by atoms with E-state index in [1.54, 1.807) is 63.2 Å². The first-order chi connectivity index (χ1) is 16.6. The standard InChI is InChI=1S/C25H29Cl2NO7/c1-25(2,3)35-24(31)20(28-23(30)22-21(12-29)33-14-34-22)11-15-7-9-16(10-8-15)32-13-17-18(26)5-4-6-19(17)27/h4-10,20-22,29H,11-14H2,1-3H3,(H,28,30)/t20-,21-,22+/m0/s1. The molecule has 10 heteroatoms. The molecule has 1 amide bonds. The number of hydrogen-bond donors (Lipinski definition) is 2. The number of rotatable bonds is 9. The van der Waals surface area contributed by atoms with E-state index in [9.17, 15) is 14.7 Å². The molecule has 3 atom stereocenters. The summed E-state index contributed by atoms with van der Waals surface area (Å²) in [6.07, 6.45) is -1.64. The number of ether oxygens (including phenoxy) is 4. The normalized spacial score (nSPS) is 18.7. The molecule has 0 bridgehead atoms. The molecule has 1 heterocycles. The fourth-order valence-corrected chi connectivity index (χ4v) is 3.90. The molecule has 8 nitrogen and oxygen atoms in total. The third-order valence-electron chi connectivity index (χ3n) is 5.12. The average Bonchev–Trinajstić information content (AvgIpc) is 3.27. The van der Waals surface area contributed by atoms with E-state index in [0.29, 0.717) is 21.4 Å². The number of aliphatic hydroxyl groups is 1. The van der Waals surface area contributed by atoms with Gasteiger partial charge in [0.05, 0.1) is 6.61 Å². The van der Waals surface area contributed by atoms with Crippen LogP contribution in [-0.4, -0.2) is 54.2 Å². The molecule has 1 aliphatic heterocycles. The predicted octanol–water partition coefficient (Wildman–Crippen LogP) is 3.68. The summed E-state index contributed by atoms with van der Waals surface area (Å²) in [5.41, 5.74) is 0.719. The Morgan fingerprint density at radius 1 is 1.11 bits per heavy atom. The van der Waals surface area contributed by atoms with Gasteiger partial charge in [0, 0.05) is 22.0 Å². The molecule has 1 fully saturated rings. The first-order valence-corrected chi connectivity index (χ1v) is 11.8. The number of nitrogens with one attached hydrogen (secondary N) is 1. The summed E-state index contributed by atoms with van der Waals surface area (Å²) >= 11 is 12.4. The van der Waals surface area contributed by atoms with E-state index >= 15 is 0 Å². The number of esters is 1. The van der Waals surface area contributed by atoms with E-state index in [1.807, 2.05) is 0 Å². The molecule has 35 heavy (non-hydrogen) atoms. The van der Waals surface area contributed by atoms with Gasteiger partial charge in [0.15, 0.2) is 6.10 Å². The van der Waals surface area contributed by atoms with Gasteiger partial charge in [-0.1, -0.05) is 41.4 Å². The summed E-state index contributed by atoms with van der Waals surface area (Å²) < 4.78 is 21.7. The van der Waals surface area contributed by atoms with Gasteiger partial charge in [-0.3, -0.25) is 4.79 Å². The third kappa shape index (κ3) is 7.81. The van der Waals surface area contributed by atoms with Crippen LogP contribution in [0.2, 0.25) is 10.0 Å². The molecular weight excluding hydrogens is 497 g/mol. The number of benzene rings is 2. The smallest absolute Gasteiger partial charge is 0.329 e. The highest BCUT2D eigenvalue weighted by atomic mass is 35.5. The predicted molar refractivity (Wildman–Crippen MR) is 130 cm³/mol. The van der Waals surface area contributed by atoms with Gasteiger partial charge >= 0.3 is 5.97 Å².